The summed E-state index contributed by atoms with van der Waals surface area (Å²) in [6.07, 6.45) is 0. The van der Waals surface area contributed by atoms with Gasteiger partial charge in [0.05, 0.1) is 18.1 Å². The molecule has 112 valence electrons. The van der Waals surface area contributed by atoms with E-state index < -0.39 is 25.5 Å². The monoisotopic (exact) mass is 328 g/mol. The molecule has 0 amide bonds. The molecule has 2 aromatic rings. The molecule has 0 fully saturated rings. The largest absolute Gasteiger partial charge is 0.497 e. The van der Waals surface area contributed by atoms with Gasteiger partial charge in [-0.1, -0.05) is 0 Å². The first kappa shape index (κ1) is 15.3. The first-order valence-electron chi connectivity index (χ1n) is 5.74. The fourth-order valence-corrected chi connectivity index (χ4v) is 3.91. The molecule has 1 heterocycles. The van der Waals surface area contributed by atoms with Crippen LogP contribution in [0.3, 0.4) is 0 Å². The van der Waals surface area contributed by atoms with Crippen LogP contribution in [0.4, 0.5) is 10.7 Å². The number of benzene rings is 1. The zero-order valence-corrected chi connectivity index (χ0v) is 12.8. The lowest BCUT2D eigenvalue weighted by molar-refractivity contribution is -0.387. The molecule has 2 rings (SSSR count). The van der Waals surface area contributed by atoms with Gasteiger partial charge in [0.2, 0.25) is 0 Å². The molecule has 0 saturated heterocycles. The summed E-state index contributed by atoms with van der Waals surface area (Å²) in [7, 11) is -2.69. The van der Waals surface area contributed by atoms with Crippen LogP contribution >= 0.6 is 11.3 Å². The number of rotatable bonds is 5. The van der Waals surface area contributed by atoms with Gasteiger partial charge in [0.1, 0.15) is 10.8 Å². The van der Waals surface area contributed by atoms with Gasteiger partial charge in [-0.05, 0) is 36.1 Å². The van der Waals surface area contributed by atoms with Crippen LogP contribution in [0, 0.1) is 17.0 Å². The predicted molar refractivity (Wildman–Crippen MR) is 79.5 cm³/mol. The number of ether oxygens (including phenoxy) is 1. The lowest BCUT2D eigenvalue weighted by atomic mass is 10.3. The average molecular weight is 328 g/mol. The van der Waals surface area contributed by atoms with Crippen LogP contribution in [-0.2, 0) is 10.0 Å². The lowest BCUT2D eigenvalue weighted by Gasteiger charge is -2.07. The standard InChI is InChI=1S/C12H12N2O5S2/c1-8-5-12(20-7-8)13-21(17,18)11-4-3-9(19-2)6-10(11)14(15)16/h3-7,13H,1-2H3. The molecule has 1 aromatic carbocycles. The number of sulfonamides is 1. The quantitative estimate of drug-likeness (QED) is 0.672. The van der Waals surface area contributed by atoms with Crippen molar-refractivity contribution in [3.63, 3.8) is 0 Å². The van der Waals surface area contributed by atoms with Gasteiger partial charge in [0.25, 0.3) is 15.7 Å². The number of anilines is 1. The fourth-order valence-electron chi connectivity index (χ4n) is 1.67. The highest BCUT2D eigenvalue weighted by Crippen LogP contribution is 2.31. The first-order valence-corrected chi connectivity index (χ1v) is 8.10. The molecule has 0 spiro atoms. The van der Waals surface area contributed by atoms with Crippen LogP contribution in [0.1, 0.15) is 5.56 Å². The van der Waals surface area contributed by atoms with Crippen molar-refractivity contribution in [1.82, 2.24) is 0 Å². The van der Waals surface area contributed by atoms with Gasteiger partial charge in [-0.3, -0.25) is 14.8 Å². The minimum atomic E-state index is -4.04. The molecule has 0 saturated carbocycles. The Bertz CT molecular complexity index is 783. The predicted octanol–water partition coefficient (Wildman–Crippen LogP) is 2.77. The number of nitro benzene ring substituents is 1. The topological polar surface area (TPSA) is 98.5 Å². The molecule has 21 heavy (non-hydrogen) atoms. The molecule has 0 radical (unpaired) electrons. The molecule has 0 atom stereocenters. The van der Waals surface area contributed by atoms with Crippen LogP contribution in [0.25, 0.3) is 0 Å². The van der Waals surface area contributed by atoms with Crippen molar-refractivity contribution in [2.45, 2.75) is 11.8 Å². The first-order chi connectivity index (χ1) is 9.83. The number of hydrogen-bond acceptors (Lipinski definition) is 6. The van der Waals surface area contributed by atoms with Crippen LogP contribution in [0.15, 0.2) is 34.5 Å². The molecule has 9 heteroatoms. The Morgan fingerprint density at radius 2 is 2.05 bits per heavy atom. The number of nitrogens with one attached hydrogen (secondary N) is 1. The summed E-state index contributed by atoms with van der Waals surface area (Å²) < 4.78 is 31.8. The Morgan fingerprint density at radius 1 is 1.33 bits per heavy atom. The van der Waals surface area contributed by atoms with Gasteiger partial charge in [-0.15, -0.1) is 11.3 Å². The summed E-state index contributed by atoms with van der Waals surface area (Å²) in [5, 5.41) is 13.2. The zero-order valence-electron chi connectivity index (χ0n) is 11.2. The summed E-state index contributed by atoms with van der Waals surface area (Å²) in [6.45, 7) is 1.82. The van der Waals surface area contributed by atoms with E-state index in [4.69, 9.17) is 4.74 Å². The van der Waals surface area contributed by atoms with E-state index in [0.717, 1.165) is 17.7 Å². The molecule has 0 aliphatic rings. The van der Waals surface area contributed by atoms with Gasteiger partial charge in [-0.2, -0.15) is 0 Å². The molecule has 1 aromatic heterocycles. The summed E-state index contributed by atoms with van der Waals surface area (Å²) >= 11 is 1.21. The van der Waals surface area contributed by atoms with E-state index in [0.29, 0.717) is 5.00 Å². The Labute approximate surface area is 125 Å². The van der Waals surface area contributed by atoms with Crippen LogP contribution in [-0.4, -0.2) is 20.5 Å². The minimum Gasteiger partial charge on any atom is -0.497 e. The maximum atomic E-state index is 12.3. The molecular formula is C12H12N2O5S2. The summed E-state index contributed by atoms with van der Waals surface area (Å²) in [4.78, 5) is 9.90. The lowest BCUT2D eigenvalue weighted by Crippen LogP contribution is -2.14. The van der Waals surface area contributed by atoms with E-state index in [-0.39, 0.29) is 5.75 Å². The highest BCUT2D eigenvalue weighted by molar-refractivity contribution is 7.93. The molecule has 0 bridgehead atoms. The number of nitrogens with zero attached hydrogens (tertiary/aromatic N) is 1. The second-order valence-electron chi connectivity index (χ2n) is 4.18. The van der Waals surface area contributed by atoms with Gasteiger partial charge in [-0.25, -0.2) is 8.42 Å². The highest BCUT2D eigenvalue weighted by atomic mass is 32.2. The highest BCUT2D eigenvalue weighted by Gasteiger charge is 2.26. The van der Waals surface area contributed by atoms with E-state index in [1.165, 1.54) is 24.5 Å². The maximum absolute atomic E-state index is 12.3. The van der Waals surface area contributed by atoms with Crippen LogP contribution < -0.4 is 9.46 Å². The van der Waals surface area contributed by atoms with Crippen molar-refractivity contribution in [1.29, 1.82) is 0 Å². The Balaban J connectivity index is 2.46. The van der Waals surface area contributed by atoms with E-state index >= 15 is 0 Å². The van der Waals surface area contributed by atoms with Crippen LogP contribution in [0.5, 0.6) is 5.75 Å². The number of thiophene rings is 1. The van der Waals surface area contributed by atoms with Crippen molar-refractivity contribution < 1.29 is 18.1 Å². The maximum Gasteiger partial charge on any atom is 0.293 e. The van der Waals surface area contributed by atoms with E-state index in [9.17, 15) is 18.5 Å². The fraction of sp³-hybridized carbons (Fsp3) is 0.167. The van der Waals surface area contributed by atoms with Crippen molar-refractivity contribution in [2.75, 3.05) is 11.8 Å². The number of aryl methyl sites for hydroxylation is 1. The summed E-state index contributed by atoms with van der Waals surface area (Å²) in [5.41, 5.74) is 0.372. The summed E-state index contributed by atoms with van der Waals surface area (Å²) in [6, 6.07) is 5.24. The number of hydrogen-bond donors (Lipinski definition) is 1. The average Bonchev–Trinajstić information content (AvgIpc) is 2.82. The SMILES string of the molecule is COc1ccc(S(=O)(=O)Nc2cc(C)cs2)c([N+](=O)[O-])c1. The van der Waals surface area contributed by atoms with Crippen molar-refractivity contribution in [3.05, 3.63) is 45.3 Å². The van der Waals surface area contributed by atoms with Crippen molar-refractivity contribution in [2.24, 2.45) is 0 Å². The van der Waals surface area contributed by atoms with Crippen molar-refractivity contribution >= 4 is 32.0 Å². The Hall–Kier alpha value is -2.13. The third-order valence-electron chi connectivity index (χ3n) is 2.62. The van der Waals surface area contributed by atoms with E-state index in [1.54, 1.807) is 11.4 Å². The molecule has 0 aliphatic heterocycles. The normalized spacial score (nSPS) is 11.1. The Morgan fingerprint density at radius 3 is 2.57 bits per heavy atom. The molecule has 0 aliphatic carbocycles. The second-order valence-corrected chi connectivity index (χ2v) is 6.75. The third kappa shape index (κ3) is 3.31. The van der Waals surface area contributed by atoms with Gasteiger partial charge >= 0.3 is 0 Å². The minimum absolute atomic E-state index is 0.215. The van der Waals surface area contributed by atoms with Gasteiger partial charge in [0, 0.05) is 0 Å². The van der Waals surface area contributed by atoms with Crippen molar-refractivity contribution in [3.8, 4) is 5.75 Å². The summed E-state index contributed by atoms with van der Waals surface area (Å²) in [5.74, 6) is 0.215. The van der Waals surface area contributed by atoms with Crippen LogP contribution in [0.2, 0.25) is 0 Å². The molecular weight excluding hydrogens is 316 g/mol. The Kier molecular flexibility index (Phi) is 4.14. The second kappa shape index (κ2) is 5.70. The molecule has 7 nitrogen and oxygen atoms in total. The van der Waals surface area contributed by atoms with Gasteiger partial charge < -0.3 is 4.74 Å². The zero-order chi connectivity index (χ0) is 15.6. The number of methoxy groups -OCH3 is 1. The smallest absolute Gasteiger partial charge is 0.293 e. The third-order valence-corrected chi connectivity index (χ3v) is 5.12. The molecule has 1 N–H and O–H groups in total. The van der Waals surface area contributed by atoms with E-state index in [1.807, 2.05) is 6.92 Å². The van der Waals surface area contributed by atoms with Gasteiger partial charge in [0.15, 0.2) is 4.90 Å². The number of nitro groups is 1. The van der Waals surface area contributed by atoms with E-state index in [2.05, 4.69) is 4.72 Å². The molecule has 0 unspecified atom stereocenters.